The Morgan fingerprint density at radius 2 is 2.56 bits per heavy atom. The molecule has 0 rings (SSSR count). The third-order valence-electron chi connectivity index (χ3n) is 1.20. The minimum Gasteiger partial charge on any atom is -0.468 e. The second kappa shape index (κ2) is 6.01. The van der Waals surface area contributed by atoms with Crippen LogP contribution in [0.3, 0.4) is 0 Å². The summed E-state index contributed by atoms with van der Waals surface area (Å²) in [5, 5.41) is 8.22. The first kappa shape index (κ1) is 8.88. The van der Waals surface area contributed by atoms with Gasteiger partial charge in [0.2, 0.25) is 0 Å². The summed E-state index contributed by atoms with van der Waals surface area (Å²) in [5.41, 5.74) is 0.696. The van der Waals surface area contributed by atoms with Crippen LogP contribution in [-0.2, 0) is 4.12 Å². The number of nitriles is 1. The van der Waals surface area contributed by atoms with Gasteiger partial charge in [-0.15, -0.1) is 0 Å². The Bertz CT molecular complexity index is 102. The fourth-order valence-corrected chi connectivity index (χ4v) is 3.33. The molecule has 0 fully saturated rings. The maximum atomic E-state index is 8.22. The molecule has 0 bridgehead atoms. The highest BCUT2D eigenvalue weighted by molar-refractivity contribution is 6.35. The molecule has 9 heavy (non-hydrogen) atoms. The zero-order chi connectivity index (χ0) is 7.11. The first-order valence-corrected chi connectivity index (χ1v) is 5.38. The molecule has 0 N–H and O–H groups in total. The van der Waals surface area contributed by atoms with Crippen molar-refractivity contribution in [2.24, 2.45) is 0 Å². The average Bonchev–Trinajstić information content (AvgIpc) is 1.85. The third kappa shape index (κ3) is 5.76. The molecule has 0 heterocycles. The lowest BCUT2D eigenvalue weighted by Gasteiger charge is -2.04. The predicted molar refractivity (Wildman–Crippen MR) is 43.8 cm³/mol. The molecule has 0 saturated carbocycles. The van der Waals surface area contributed by atoms with Crippen LogP contribution in [0, 0.1) is 11.3 Å². The molecule has 0 amide bonds. The van der Waals surface area contributed by atoms with Crippen LogP contribution in [0.5, 0.6) is 0 Å². The van der Waals surface area contributed by atoms with Gasteiger partial charge in [-0.05, 0) is 12.0 Å². The van der Waals surface area contributed by atoms with Gasteiger partial charge in [0.1, 0.15) is 20.2 Å². The van der Waals surface area contributed by atoms with Gasteiger partial charge in [0.15, 0.2) is 0 Å². The molecule has 0 aliphatic carbocycles. The summed E-state index contributed by atoms with van der Waals surface area (Å²) in [7, 11) is 0.611. The Kier molecular flexibility index (Phi) is 5.93. The van der Waals surface area contributed by atoms with Crippen LogP contribution in [-0.4, -0.2) is 20.2 Å². The van der Waals surface area contributed by atoms with Gasteiger partial charge in [-0.2, -0.15) is 5.26 Å². The Hall–Kier alpha value is -0.116. The van der Waals surface area contributed by atoms with Crippen LogP contribution < -0.4 is 0 Å². The molecule has 1 atom stereocenters. The van der Waals surface area contributed by atoms with E-state index in [1.165, 1.54) is 0 Å². The van der Waals surface area contributed by atoms with Gasteiger partial charge in [-0.1, -0.05) is 6.92 Å². The number of nitrogens with zero attached hydrogens (tertiary/aromatic N) is 1. The van der Waals surface area contributed by atoms with Crippen molar-refractivity contribution in [3.63, 3.8) is 0 Å². The topological polar surface area (TPSA) is 33.0 Å². The van der Waals surface area contributed by atoms with Crippen LogP contribution in [0.1, 0.15) is 19.8 Å². The number of rotatable bonds is 4. The fraction of sp³-hybridized carbons (Fsp3) is 0.800. The van der Waals surface area contributed by atoms with E-state index in [0.717, 1.165) is 16.9 Å². The highest BCUT2D eigenvalue weighted by atomic mass is 28.3. The molecule has 52 valence electrons. The summed E-state index contributed by atoms with van der Waals surface area (Å²) in [6, 6.07) is 2.14. The summed E-state index contributed by atoms with van der Waals surface area (Å²) < 4.78 is 5.17. The molecular formula is C5H13NOSi2. The Labute approximate surface area is 61.7 Å². The maximum Gasteiger partial charge on any atom is 0.148 e. The van der Waals surface area contributed by atoms with Crippen molar-refractivity contribution >= 4 is 20.2 Å². The molecule has 0 saturated heterocycles. The van der Waals surface area contributed by atoms with E-state index in [0.29, 0.717) is 12.0 Å². The van der Waals surface area contributed by atoms with E-state index < -0.39 is 0 Å². The van der Waals surface area contributed by atoms with E-state index in [4.69, 9.17) is 9.38 Å². The van der Waals surface area contributed by atoms with Crippen molar-refractivity contribution in [2.75, 3.05) is 0 Å². The van der Waals surface area contributed by atoms with Crippen LogP contribution in [0.2, 0.25) is 5.54 Å². The lowest BCUT2D eigenvalue weighted by atomic mass is 10.3. The van der Waals surface area contributed by atoms with Crippen LogP contribution in [0.25, 0.3) is 0 Å². The quantitative estimate of drug-likeness (QED) is 0.517. The minimum atomic E-state index is -0.264. The zero-order valence-corrected chi connectivity index (χ0v) is 9.47. The second-order valence-corrected chi connectivity index (χ2v) is 6.29. The Morgan fingerprint density at radius 1 is 1.89 bits per heavy atom. The first-order chi connectivity index (χ1) is 4.31. The Balaban J connectivity index is 3.07. The molecular weight excluding hydrogens is 146 g/mol. The van der Waals surface area contributed by atoms with E-state index in [1.54, 1.807) is 0 Å². The van der Waals surface area contributed by atoms with Crippen molar-refractivity contribution in [3.05, 3.63) is 0 Å². The minimum absolute atomic E-state index is 0.264. The summed E-state index contributed by atoms with van der Waals surface area (Å²) in [6.07, 6.45) is 1.73. The van der Waals surface area contributed by atoms with Crippen molar-refractivity contribution < 1.29 is 4.12 Å². The van der Waals surface area contributed by atoms with Gasteiger partial charge in [-0.25, -0.2) is 0 Å². The molecule has 0 spiro atoms. The molecule has 0 aromatic carbocycles. The van der Waals surface area contributed by atoms with Crippen LogP contribution in [0.4, 0.5) is 0 Å². The molecule has 4 heteroatoms. The van der Waals surface area contributed by atoms with Gasteiger partial charge in [0.25, 0.3) is 0 Å². The third-order valence-corrected chi connectivity index (χ3v) is 3.51. The summed E-state index contributed by atoms with van der Waals surface area (Å²) >= 11 is 0. The standard InChI is InChI=1S/C5H13NOSi2/c1-5(9-7-8)3-2-4-6/h5H,2-3,9H2,1,8H3. The lowest BCUT2D eigenvalue weighted by Crippen LogP contribution is -2.02. The second-order valence-electron chi connectivity index (χ2n) is 2.26. The average molecular weight is 159 g/mol. The maximum absolute atomic E-state index is 8.22. The van der Waals surface area contributed by atoms with Gasteiger partial charge in [0, 0.05) is 6.42 Å². The number of hydrogen-bond donors (Lipinski definition) is 0. The smallest absolute Gasteiger partial charge is 0.148 e. The predicted octanol–water partition coefficient (Wildman–Crippen LogP) is -0.521. The first-order valence-electron chi connectivity index (χ1n) is 3.17. The molecule has 0 aliphatic heterocycles. The molecule has 0 aliphatic rings. The van der Waals surface area contributed by atoms with E-state index in [2.05, 4.69) is 13.0 Å². The van der Waals surface area contributed by atoms with Gasteiger partial charge < -0.3 is 4.12 Å². The van der Waals surface area contributed by atoms with E-state index in [9.17, 15) is 0 Å². The summed E-state index contributed by atoms with van der Waals surface area (Å²) in [5.74, 6) is 0. The molecule has 1 unspecified atom stereocenters. The highest BCUT2D eigenvalue weighted by Crippen LogP contribution is 2.08. The van der Waals surface area contributed by atoms with E-state index in [1.807, 2.05) is 0 Å². The molecule has 0 aromatic heterocycles. The zero-order valence-electron chi connectivity index (χ0n) is 6.05. The van der Waals surface area contributed by atoms with Crippen LogP contribution in [0.15, 0.2) is 0 Å². The van der Waals surface area contributed by atoms with Gasteiger partial charge >= 0.3 is 0 Å². The van der Waals surface area contributed by atoms with Gasteiger partial charge in [0.05, 0.1) is 6.07 Å². The SMILES string of the molecule is CC(CCC#N)[SiH2]O[SiH3]. The van der Waals surface area contributed by atoms with E-state index >= 15 is 0 Å². The fourth-order valence-electron chi connectivity index (χ4n) is 0.679. The highest BCUT2D eigenvalue weighted by Gasteiger charge is 1.99. The molecule has 2 nitrogen and oxygen atoms in total. The van der Waals surface area contributed by atoms with Crippen molar-refractivity contribution in [2.45, 2.75) is 25.3 Å². The van der Waals surface area contributed by atoms with Crippen molar-refractivity contribution in [1.29, 1.82) is 5.26 Å². The van der Waals surface area contributed by atoms with Crippen molar-refractivity contribution in [1.82, 2.24) is 0 Å². The molecule has 0 aromatic rings. The lowest BCUT2D eigenvalue weighted by molar-refractivity contribution is 0.624. The Morgan fingerprint density at radius 3 is 3.00 bits per heavy atom. The molecule has 0 radical (unpaired) electrons. The largest absolute Gasteiger partial charge is 0.468 e. The van der Waals surface area contributed by atoms with Gasteiger partial charge in [-0.3, -0.25) is 0 Å². The van der Waals surface area contributed by atoms with E-state index in [-0.39, 0.29) is 9.76 Å². The van der Waals surface area contributed by atoms with Crippen LogP contribution >= 0.6 is 0 Å². The summed E-state index contributed by atoms with van der Waals surface area (Å²) in [4.78, 5) is 0. The normalized spacial score (nSPS) is 14.2. The van der Waals surface area contributed by atoms with Crippen molar-refractivity contribution in [3.8, 4) is 6.07 Å². The monoisotopic (exact) mass is 159 g/mol. The summed E-state index contributed by atoms with van der Waals surface area (Å²) in [6.45, 7) is 2.17. The number of hydrogen-bond acceptors (Lipinski definition) is 2.